The SMILES string of the molecule is O=C(COc1cccc(Cl)c1)Nc1ccccc1C(=O)NCc1ccco1. The van der Waals surface area contributed by atoms with Crippen molar-refractivity contribution in [2.24, 2.45) is 0 Å². The Labute approximate surface area is 161 Å². The molecule has 6 nitrogen and oxygen atoms in total. The summed E-state index contributed by atoms with van der Waals surface area (Å²) in [6.07, 6.45) is 1.54. The van der Waals surface area contributed by atoms with Crippen LogP contribution in [0.5, 0.6) is 5.75 Å². The summed E-state index contributed by atoms with van der Waals surface area (Å²) in [4.78, 5) is 24.6. The minimum atomic E-state index is -0.388. The van der Waals surface area contributed by atoms with Crippen LogP contribution in [0, 0.1) is 0 Å². The highest BCUT2D eigenvalue weighted by atomic mass is 35.5. The lowest BCUT2D eigenvalue weighted by atomic mass is 10.1. The number of hydrogen-bond acceptors (Lipinski definition) is 4. The van der Waals surface area contributed by atoms with Crippen LogP contribution in [0.1, 0.15) is 16.1 Å². The van der Waals surface area contributed by atoms with Gasteiger partial charge in [0.2, 0.25) is 0 Å². The summed E-state index contributed by atoms with van der Waals surface area (Å²) in [5.41, 5.74) is 0.745. The van der Waals surface area contributed by atoms with Gasteiger partial charge in [0.25, 0.3) is 11.8 Å². The zero-order valence-electron chi connectivity index (χ0n) is 14.3. The zero-order valence-corrected chi connectivity index (χ0v) is 15.0. The van der Waals surface area contributed by atoms with Crippen LogP contribution in [0.25, 0.3) is 0 Å². The second-order valence-corrected chi connectivity index (χ2v) is 6.04. The molecular formula is C20H17ClN2O4. The molecular weight excluding hydrogens is 368 g/mol. The van der Waals surface area contributed by atoms with Crippen LogP contribution in [0.3, 0.4) is 0 Å². The van der Waals surface area contributed by atoms with E-state index in [1.807, 2.05) is 0 Å². The number of halogens is 1. The lowest BCUT2D eigenvalue weighted by molar-refractivity contribution is -0.118. The smallest absolute Gasteiger partial charge is 0.262 e. The van der Waals surface area contributed by atoms with Crippen molar-refractivity contribution in [2.75, 3.05) is 11.9 Å². The number of carbonyl (C=O) groups is 2. The Kier molecular flexibility index (Phi) is 6.12. The van der Waals surface area contributed by atoms with Gasteiger partial charge in [-0.05, 0) is 42.5 Å². The Morgan fingerprint density at radius 3 is 2.67 bits per heavy atom. The third kappa shape index (κ3) is 5.36. The summed E-state index contributed by atoms with van der Waals surface area (Å²) in [6, 6.07) is 17.0. The van der Waals surface area contributed by atoms with Crippen LogP contribution >= 0.6 is 11.6 Å². The van der Waals surface area contributed by atoms with Gasteiger partial charge in [-0.2, -0.15) is 0 Å². The van der Waals surface area contributed by atoms with Crippen molar-refractivity contribution in [1.82, 2.24) is 5.32 Å². The minimum absolute atomic E-state index is 0.206. The maximum absolute atomic E-state index is 12.4. The van der Waals surface area contributed by atoms with E-state index in [2.05, 4.69) is 10.6 Å². The number of carbonyl (C=O) groups excluding carboxylic acids is 2. The van der Waals surface area contributed by atoms with Gasteiger partial charge < -0.3 is 19.8 Å². The van der Waals surface area contributed by atoms with Crippen molar-refractivity contribution >= 4 is 29.1 Å². The third-order valence-electron chi connectivity index (χ3n) is 3.62. The highest BCUT2D eigenvalue weighted by Gasteiger charge is 2.13. The van der Waals surface area contributed by atoms with E-state index in [0.717, 1.165) is 0 Å². The van der Waals surface area contributed by atoms with Gasteiger partial charge >= 0.3 is 0 Å². The molecule has 1 heterocycles. The summed E-state index contributed by atoms with van der Waals surface area (Å²) < 4.78 is 10.6. The second-order valence-electron chi connectivity index (χ2n) is 5.60. The number of para-hydroxylation sites is 1. The van der Waals surface area contributed by atoms with Gasteiger partial charge in [0.05, 0.1) is 24.1 Å². The van der Waals surface area contributed by atoms with Gasteiger partial charge in [-0.1, -0.05) is 29.8 Å². The molecule has 0 atom stereocenters. The first-order valence-electron chi connectivity index (χ1n) is 8.19. The molecule has 27 heavy (non-hydrogen) atoms. The van der Waals surface area contributed by atoms with E-state index in [1.54, 1.807) is 60.7 Å². The van der Waals surface area contributed by atoms with Crippen molar-refractivity contribution in [3.8, 4) is 5.75 Å². The van der Waals surface area contributed by atoms with Gasteiger partial charge in [-0.15, -0.1) is 0 Å². The van der Waals surface area contributed by atoms with Crippen molar-refractivity contribution in [2.45, 2.75) is 6.54 Å². The first-order chi connectivity index (χ1) is 13.1. The molecule has 2 aromatic carbocycles. The van der Waals surface area contributed by atoms with Crippen molar-refractivity contribution < 1.29 is 18.7 Å². The molecule has 0 unspecified atom stereocenters. The Balaban J connectivity index is 1.59. The van der Waals surface area contributed by atoms with Gasteiger partial charge in [0.15, 0.2) is 6.61 Å². The molecule has 0 radical (unpaired) electrons. The van der Waals surface area contributed by atoms with E-state index >= 15 is 0 Å². The highest BCUT2D eigenvalue weighted by molar-refractivity contribution is 6.30. The van der Waals surface area contributed by atoms with E-state index in [4.69, 9.17) is 20.8 Å². The predicted molar refractivity (Wildman–Crippen MR) is 102 cm³/mol. The van der Waals surface area contributed by atoms with Crippen LogP contribution in [0.2, 0.25) is 5.02 Å². The van der Waals surface area contributed by atoms with Crippen molar-refractivity contribution in [1.29, 1.82) is 0 Å². The molecule has 7 heteroatoms. The molecule has 3 rings (SSSR count). The third-order valence-corrected chi connectivity index (χ3v) is 3.85. The summed E-state index contributed by atoms with van der Waals surface area (Å²) in [5.74, 6) is 0.418. The number of anilines is 1. The Bertz CT molecular complexity index is 925. The number of rotatable bonds is 7. The molecule has 1 aromatic heterocycles. The molecule has 138 valence electrons. The monoisotopic (exact) mass is 384 g/mol. The molecule has 0 aliphatic heterocycles. The average Bonchev–Trinajstić information content (AvgIpc) is 3.19. The molecule has 2 N–H and O–H groups in total. The van der Waals surface area contributed by atoms with Crippen LogP contribution < -0.4 is 15.4 Å². The van der Waals surface area contributed by atoms with Crippen LogP contribution in [-0.4, -0.2) is 18.4 Å². The van der Waals surface area contributed by atoms with Gasteiger partial charge in [0.1, 0.15) is 11.5 Å². The number of amides is 2. The molecule has 0 spiro atoms. The number of benzene rings is 2. The Morgan fingerprint density at radius 1 is 1.04 bits per heavy atom. The second kappa shape index (κ2) is 8.91. The van der Waals surface area contributed by atoms with Crippen molar-refractivity contribution in [3.05, 3.63) is 83.3 Å². The predicted octanol–water partition coefficient (Wildman–Crippen LogP) is 3.88. The van der Waals surface area contributed by atoms with Gasteiger partial charge in [0, 0.05) is 5.02 Å². The average molecular weight is 385 g/mol. The lowest BCUT2D eigenvalue weighted by Crippen LogP contribution is -2.26. The number of nitrogens with one attached hydrogen (secondary N) is 2. The number of furan rings is 1. The highest BCUT2D eigenvalue weighted by Crippen LogP contribution is 2.18. The molecule has 0 saturated carbocycles. The van der Waals surface area contributed by atoms with Gasteiger partial charge in [-0.25, -0.2) is 0 Å². The summed E-state index contributed by atoms with van der Waals surface area (Å²) >= 11 is 5.88. The zero-order chi connectivity index (χ0) is 19.1. The minimum Gasteiger partial charge on any atom is -0.484 e. The fourth-order valence-electron chi connectivity index (χ4n) is 2.36. The molecule has 0 fully saturated rings. The van der Waals surface area contributed by atoms with E-state index in [1.165, 1.54) is 6.26 Å². The van der Waals surface area contributed by atoms with Gasteiger partial charge in [-0.3, -0.25) is 9.59 Å². The van der Waals surface area contributed by atoms with Crippen LogP contribution in [0.4, 0.5) is 5.69 Å². The normalized spacial score (nSPS) is 10.3. The van der Waals surface area contributed by atoms with E-state index in [0.29, 0.717) is 27.8 Å². The topological polar surface area (TPSA) is 80.6 Å². The molecule has 0 aliphatic rings. The molecule has 0 bridgehead atoms. The number of hydrogen-bond donors (Lipinski definition) is 2. The maximum Gasteiger partial charge on any atom is 0.262 e. The van der Waals surface area contributed by atoms with E-state index in [9.17, 15) is 9.59 Å². The largest absolute Gasteiger partial charge is 0.484 e. The fraction of sp³-hybridized carbons (Fsp3) is 0.100. The molecule has 0 aliphatic carbocycles. The summed E-state index contributed by atoms with van der Waals surface area (Å²) in [7, 11) is 0. The van der Waals surface area contributed by atoms with Crippen LogP contribution in [-0.2, 0) is 11.3 Å². The summed E-state index contributed by atoms with van der Waals surface area (Å²) in [5, 5.41) is 5.96. The molecule has 0 saturated heterocycles. The van der Waals surface area contributed by atoms with Crippen LogP contribution in [0.15, 0.2) is 71.3 Å². The lowest BCUT2D eigenvalue weighted by Gasteiger charge is -2.12. The Hall–Kier alpha value is -3.25. The first kappa shape index (κ1) is 18.5. The number of ether oxygens (including phenoxy) is 1. The Morgan fingerprint density at radius 2 is 1.89 bits per heavy atom. The summed E-state index contributed by atoms with van der Waals surface area (Å²) in [6.45, 7) is 0.0503. The fourth-order valence-corrected chi connectivity index (χ4v) is 2.54. The maximum atomic E-state index is 12.4. The standard InChI is InChI=1S/C20H17ClN2O4/c21-14-5-3-6-15(11-14)27-13-19(24)23-18-9-2-1-8-17(18)20(25)22-12-16-7-4-10-26-16/h1-11H,12-13H2,(H,22,25)(H,23,24). The van der Waals surface area contributed by atoms with Crippen molar-refractivity contribution in [3.63, 3.8) is 0 Å². The van der Waals surface area contributed by atoms with E-state index in [-0.39, 0.29) is 25.0 Å². The quantitative estimate of drug-likeness (QED) is 0.647. The molecule has 3 aromatic rings. The first-order valence-corrected chi connectivity index (χ1v) is 8.57. The molecule has 2 amide bonds. The van der Waals surface area contributed by atoms with E-state index < -0.39 is 0 Å².